The molecule has 6 heteroatoms. The van der Waals surface area contributed by atoms with Gasteiger partial charge in [0.2, 0.25) is 0 Å². The van der Waals surface area contributed by atoms with Crippen molar-refractivity contribution in [3.8, 4) is 0 Å². The zero-order chi connectivity index (χ0) is 12.8. The van der Waals surface area contributed by atoms with Crippen LogP contribution in [-0.2, 0) is 0 Å². The fourth-order valence-corrected chi connectivity index (χ4v) is 4.50. The Balaban J connectivity index is 1.66. The lowest BCUT2D eigenvalue weighted by Gasteiger charge is -2.02. The predicted molar refractivity (Wildman–Crippen MR) is 82.2 cm³/mol. The highest BCUT2D eigenvalue weighted by Crippen LogP contribution is 2.28. The van der Waals surface area contributed by atoms with E-state index in [-0.39, 0.29) is 0 Å². The number of halogens is 1. The number of thioether (sulfide) groups is 2. The van der Waals surface area contributed by atoms with Gasteiger partial charge in [-0.15, -0.1) is 22.0 Å². The van der Waals surface area contributed by atoms with Crippen molar-refractivity contribution in [1.29, 1.82) is 0 Å². The minimum absolute atomic E-state index is 0.843. The Labute approximate surface area is 125 Å². The van der Waals surface area contributed by atoms with Gasteiger partial charge in [-0.25, -0.2) is 0 Å². The van der Waals surface area contributed by atoms with Gasteiger partial charge >= 0.3 is 0 Å². The molecule has 0 aliphatic heterocycles. The summed E-state index contributed by atoms with van der Waals surface area (Å²) < 4.78 is 1.07. The maximum atomic E-state index is 6.09. The summed E-state index contributed by atoms with van der Waals surface area (Å²) >= 11 is 11.3. The van der Waals surface area contributed by atoms with Crippen molar-refractivity contribution < 1.29 is 0 Å². The van der Waals surface area contributed by atoms with Gasteiger partial charge in [0, 0.05) is 10.6 Å². The van der Waals surface area contributed by atoms with Gasteiger partial charge < -0.3 is 0 Å². The van der Waals surface area contributed by atoms with Crippen molar-refractivity contribution >= 4 is 46.5 Å². The van der Waals surface area contributed by atoms with Crippen molar-refractivity contribution in [2.75, 3.05) is 11.5 Å². The van der Waals surface area contributed by atoms with Crippen molar-refractivity contribution in [2.24, 2.45) is 0 Å². The summed E-state index contributed by atoms with van der Waals surface area (Å²) in [5.74, 6) is 2.15. The van der Waals surface area contributed by atoms with E-state index in [1.165, 1.54) is 0 Å². The molecule has 2 rings (SSSR count). The Morgan fingerprint density at radius 3 is 2.67 bits per heavy atom. The molecule has 0 unspecified atom stereocenters. The highest BCUT2D eigenvalue weighted by atomic mass is 35.5. The molecule has 0 spiro atoms. The number of benzene rings is 1. The van der Waals surface area contributed by atoms with E-state index in [1.807, 2.05) is 36.9 Å². The van der Waals surface area contributed by atoms with Crippen LogP contribution in [-0.4, -0.2) is 21.7 Å². The fraction of sp³-hybridized carbons (Fsp3) is 0.333. The van der Waals surface area contributed by atoms with Crippen molar-refractivity contribution in [1.82, 2.24) is 10.2 Å². The third-order valence-corrected chi connectivity index (χ3v) is 5.78. The normalized spacial score (nSPS) is 10.8. The minimum Gasteiger partial charge on any atom is -0.143 e. The largest absolute Gasteiger partial charge is 0.174 e. The van der Waals surface area contributed by atoms with E-state index in [2.05, 4.69) is 16.3 Å². The molecule has 18 heavy (non-hydrogen) atoms. The summed E-state index contributed by atoms with van der Waals surface area (Å²) in [5.41, 5.74) is 0. The molecule has 0 fully saturated rings. The molecule has 96 valence electrons. The molecule has 0 amide bonds. The lowest BCUT2D eigenvalue weighted by atomic mass is 10.4. The van der Waals surface area contributed by atoms with Gasteiger partial charge in [-0.2, -0.15) is 0 Å². The summed E-state index contributed by atoms with van der Waals surface area (Å²) in [6.45, 7) is 1.98. The lowest BCUT2D eigenvalue weighted by Crippen LogP contribution is -1.84. The SMILES string of the molecule is Cc1nnc(SCCCSc2ccccc2Cl)s1. The molecule has 0 radical (unpaired) electrons. The van der Waals surface area contributed by atoms with Crippen molar-refractivity contribution in [2.45, 2.75) is 22.6 Å². The quantitative estimate of drug-likeness (QED) is 0.566. The van der Waals surface area contributed by atoms with Crippen LogP contribution < -0.4 is 0 Å². The number of hydrogen-bond donors (Lipinski definition) is 0. The van der Waals surface area contributed by atoms with E-state index in [0.29, 0.717) is 0 Å². The summed E-state index contributed by atoms with van der Waals surface area (Å²) in [5, 5.41) is 9.96. The molecular formula is C12H13ClN2S3. The van der Waals surface area contributed by atoms with E-state index in [9.17, 15) is 0 Å². The van der Waals surface area contributed by atoms with Gasteiger partial charge in [0.1, 0.15) is 5.01 Å². The van der Waals surface area contributed by atoms with Crippen LogP contribution in [0.25, 0.3) is 0 Å². The molecule has 0 saturated heterocycles. The molecule has 0 bridgehead atoms. The average molecular weight is 317 g/mol. The van der Waals surface area contributed by atoms with Crippen LogP contribution in [0.4, 0.5) is 0 Å². The topological polar surface area (TPSA) is 25.8 Å². The second-order valence-electron chi connectivity index (χ2n) is 3.57. The fourth-order valence-electron chi connectivity index (χ4n) is 1.30. The van der Waals surface area contributed by atoms with E-state index in [4.69, 9.17) is 11.6 Å². The monoisotopic (exact) mass is 316 g/mol. The molecule has 0 aliphatic rings. The first-order valence-corrected chi connectivity index (χ1v) is 8.72. The molecule has 0 atom stereocenters. The number of aryl methyl sites for hydroxylation is 1. The average Bonchev–Trinajstić information content (AvgIpc) is 2.77. The van der Waals surface area contributed by atoms with E-state index < -0.39 is 0 Å². The summed E-state index contributed by atoms with van der Waals surface area (Å²) in [4.78, 5) is 1.16. The second kappa shape index (κ2) is 7.38. The summed E-state index contributed by atoms with van der Waals surface area (Å²) in [7, 11) is 0. The first-order valence-electron chi connectivity index (χ1n) is 5.56. The van der Waals surface area contributed by atoms with Gasteiger partial charge in [-0.05, 0) is 31.2 Å². The van der Waals surface area contributed by atoms with Crippen LogP contribution in [0.2, 0.25) is 5.02 Å². The predicted octanol–water partition coefficient (Wildman–Crippen LogP) is 4.77. The Bertz CT molecular complexity index is 502. The third-order valence-electron chi connectivity index (χ3n) is 2.12. The third kappa shape index (κ3) is 4.46. The smallest absolute Gasteiger partial charge is 0.143 e. The Morgan fingerprint density at radius 2 is 1.94 bits per heavy atom. The van der Waals surface area contributed by atoms with Gasteiger partial charge in [-0.1, -0.05) is 46.8 Å². The van der Waals surface area contributed by atoms with Crippen LogP contribution in [0.5, 0.6) is 0 Å². The van der Waals surface area contributed by atoms with Gasteiger partial charge in [-0.3, -0.25) is 0 Å². The zero-order valence-corrected chi connectivity index (χ0v) is 13.1. The molecular weight excluding hydrogens is 304 g/mol. The van der Waals surface area contributed by atoms with Gasteiger partial charge in [0.15, 0.2) is 4.34 Å². The maximum Gasteiger partial charge on any atom is 0.174 e. The van der Waals surface area contributed by atoms with Crippen LogP contribution in [0.15, 0.2) is 33.5 Å². The van der Waals surface area contributed by atoms with Gasteiger partial charge in [0.05, 0.1) is 5.02 Å². The highest BCUT2D eigenvalue weighted by molar-refractivity contribution is 8.01. The molecule has 0 aliphatic carbocycles. The van der Waals surface area contributed by atoms with Crippen LogP contribution in [0.3, 0.4) is 0 Å². The molecule has 2 aromatic rings. The zero-order valence-electron chi connectivity index (χ0n) is 9.93. The number of nitrogens with zero attached hydrogens (tertiary/aromatic N) is 2. The number of aromatic nitrogens is 2. The van der Waals surface area contributed by atoms with Crippen LogP contribution in [0, 0.1) is 6.92 Å². The molecule has 1 aromatic carbocycles. The molecule has 1 aromatic heterocycles. The van der Waals surface area contributed by atoms with E-state index in [0.717, 1.165) is 37.2 Å². The van der Waals surface area contributed by atoms with Crippen molar-refractivity contribution in [3.05, 3.63) is 34.3 Å². The van der Waals surface area contributed by atoms with Crippen LogP contribution in [0.1, 0.15) is 11.4 Å². The van der Waals surface area contributed by atoms with Gasteiger partial charge in [0.25, 0.3) is 0 Å². The van der Waals surface area contributed by atoms with Crippen molar-refractivity contribution in [3.63, 3.8) is 0 Å². The molecule has 0 N–H and O–H groups in total. The van der Waals surface area contributed by atoms with E-state index in [1.54, 1.807) is 23.1 Å². The standard InChI is InChI=1S/C12H13ClN2S3/c1-9-14-15-12(18-9)17-8-4-7-16-11-6-3-2-5-10(11)13/h2-3,5-6H,4,7-8H2,1H3. The number of rotatable bonds is 6. The Hall–Kier alpha value is -0.230. The molecule has 1 heterocycles. The first-order chi connectivity index (χ1) is 8.75. The first kappa shape index (κ1) is 14.2. The summed E-state index contributed by atoms with van der Waals surface area (Å²) in [6.07, 6.45) is 1.14. The summed E-state index contributed by atoms with van der Waals surface area (Å²) in [6, 6.07) is 7.98. The second-order valence-corrected chi connectivity index (χ2v) is 7.64. The Kier molecular flexibility index (Phi) is 5.82. The maximum absolute atomic E-state index is 6.09. The lowest BCUT2D eigenvalue weighted by molar-refractivity contribution is 0.981. The molecule has 0 saturated carbocycles. The highest BCUT2D eigenvalue weighted by Gasteiger charge is 2.02. The van der Waals surface area contributed by atoms with E-state index >= 15 is 0 Å². The van der Waals surface area contributed by atoms with Crippen LogP contribution >= 0.6 is 46.5 Å². The molecule has 2 nitrogen and oxygen atoms in total. The Morgan fingerprint density at radius 1 is 1.17 bits per heavy atom. The number of hydrogen-bond acceptors (Lipinski definition) is 5. The minimum atomic E-state index is 0.843.